The number of esters is 2. The third kappa shape index (κ3) is 14.5. The molecule has 35 heavy (non-hydrogen) atoms. The summed E-state index contributed by atoms with van der Waals surface area (Å²) in [5.74, 6) is -2.17. The molecule has 1 aliphatic carbocycles. The Hall–Kier alpha value is -1.59. The van der Waals surface area contributed by atoms with E-state index in [9.17, 15) is 19.5 Å². The van der Waals surface area contributed by atoms with Crippen molar-refractivity contribution in [3.63, 3.8) is 0 Å². The molecule has 204 valence electrons. The molecule has 1 rings (SSSR count). The van der Waals surface area contributed by atoms with Gasteiger partial charge in [0.05, 0.1) is 31.0 Å². The van der Waals surface area contributed by atoms with Crippen LogP contribution in [-0.2, 0) is 23.9 Å². The molecule has 0 amide bonds. The van der Waals surface area contributed by atoms with Crippen molar-refractivity contribution >= 4 is 17.9 Å². The van der Waals surface area contributed by atoms with E-state index in [1.54, 1.807) is 0 Å². The molecule has 0 aromatic rings. The van der Waals surface area contributed by atoms with Gasteiger partial charge in [0.15, 0.2) is 0 Å². The van der Waals surface area contributed by atoms with Crippen LogP contribution in [0, 0.1) is 29.6 Å². The first-order valence-electron chi connectivity index (χ1n) is 14.3. The van der Waals surface area contributed by atoms with E-state index in [4.69, 9.17) is 9.47 Å². The normalized spacial score (nSPS) is 20.2. The van der Waals surface area contributed by atoms with Gasteiger partial charge in [-0.1, -0.05) is 91.9 Å². The molecule has 3 atom stereocenters. The Morgan fingerprint density at radius 1 is 0.657 bits per heavy atom. The Kier molecular flexibility index (Phi) is 16.8. The van der Waals surface area contributed by atoms with Crippen LogP contribution in [0.25, 0.3) is 0 Å². The second-order valence-electron chi connectivity index (χ2n) is 11.3. The molecule has 6 nitrogen and oxygen atoms in total. The smallest absolute Gasteiger partial charge is 0.309 e. The maximum atomic E-state index is 12.8. The van der Waals surface area contributed by atoms with Gasteiger partial charge in [-0.05, 0) is 43.9 Å². The van der Waals surface area contributed by atoms with E-state index in [0.717, 1.165) is 50.4 Å². The average molecular weight is 497 g/mol. The molecule has 0 aromatic carbocycles. The first-order chi connectivity index (χ1) is 16.7. The van der Waals surface area contributed by atoms with Crippen LogP contribution < -0.4 is 0 Å². The lowest BCUT2D eigenvalue weighted by atomic mass is 9.74. The van der Waals surface area contributed by atoms with Crippen LogP contribution in [0.15, 0.2) is 0 Å². The maximum Gasteiger partial charge on any atom is 0.309 e. The number of ether oxygens (including phenoxy) is 2. The standard InChI is InChI=1S/C29H52O6/c1-22(2)15-11-7-5-9-13-19-34-28(32)25-18-17-24(27(30)31)21-26(25)29(33)35-20-14-10-6-8-12-16-23(3)4/h22-26H,5-21H2,1-4H3,(H,30,31). The summed E-state index contributed by atoms with van der Waals surface area (Å²) in [4.78, 5) is 37.1. The predicted molar refractivity (Wildman–Crippen MR) is 139 cm³/mol. The van der Waals surface area contributed by atoms with Crippen LogP contribution in [0.1, 0.15) is 124 Å². The van der Waals surface area contributed by atoms with Crippen LogP contribution in [0.5, 0.6) is 0 Å². The molecule has 1 aliphatic rings. The molecule has 1 fully saturated rings. The Morgan fingerprint density at radius 2 is 1.09 bits per heavy atom. The van der Waals surface area contributed by atoms with Crippen LogP contribution in [-0.4, -0.2) is 36.2 Å². The summed E-state index contributed by atoms with van der Waals surface area (Å²) in [6, 6.07) is 0. The number of hydrogen-bond donors (Lipinski definition) is 1. The summed E-state index contributed by atoms with van der Waals surface area (Å²) in [5, 5.41) is 9.44. The van der Waals surface area contributed by atoms with Gasteiger partial charge in [0.2, 0.25) is 0 Å². The number of aliphatic carboxylic acids is 1. The number of carboxylic acids is 1. The van der Waals surface area contributed by atoms with E-state index < -0.39 is 29.7 Å². The summed E-state index contributed by atoms with van der Waals surface area (Å²) in [5.41, 5.74) is 0. The second-order valence-corrected chi connectivity index (χ2v) is 11.3. The molecule has 0 heterocycles. The molecule has 1 N–H and O–H groups in total. The first kappa shape index (κ1) is 31.4. The average Bonchev–Trinajstić information content (AvgIpc) is 2.81. The zero-order valence-electron chi connectivity index (χ0n) is 22.9. The largest absolute Gasteiger partial charge is 0.481 e. The van der Waals surface area contributed by atoms with Crippen molar-refractivity contribution in [3.8, 4) is 0 Å². The Labute approximate surface area is 213 Å². The summed E-state index contributed by atoms with van der Waals surface area (Å²) in [6.07, 6.45) is 14.2. The summed E-state index contributed by atoms with van der Waals surface area (Å²) in [6.45, 7) is 9.64. The van der Waals surface area contributed by atoms with Gasteiger partial charge in [0.1, 0.15) is 0 Å². The second kappa shape index (κ2) is 18.6. The molecular weight excluding hydrogens is 444 g/mol. The lowest BCUT2D eigenvalue weighted by molar-refractivity contribution is -0.166. The van der Waals surface area contributed by atoms with Crippen molar-refractivity contribution in [1.82, 2.24) is 0 Å². The number of carbonyl (C=O) groups is 3. The highest BCUT2D eigenvalue weighted by molar-refractivity contribution is 5.83. The SMILES string of the molecule is CC(C)CCCCCCCOC(=O)C1CCC(C(=O)O)CC1C(=O)OCCCCCCCC(C)C. The lowest BCUT2D eigenvalue weighted by Crippen LogP contribution is -2.39. The van der Waals surface area contributed by atoms with Crippen molar-refractivity contribution in [1.29, 1.82) is 0 Å². The van der Waals surface area contributed by atoms with E-state index in [-0.39, 0.29) is 12.4 Å². The molecule has 0 saturated heterocycles. The van der Waals surface area contributed by atoms with E-state index in [1.807, 2.05) is 0 Å². The van der Waals surface area contributed by atoms with Crippen molar-refractivity contribution < 1.29 is 29.0 Å². The molecule has 3 unspecified atom stereocenters. The van der Waals surface area contributed by atoms with Crippen LogP contribution in [0.3, 0.4) is 0 Å². The third-order valence-corrected chi connectivity index (χ3v) is 7.15. The Balaban J connectivity index is 2.37. The van der Waals surface area contributed by atoms with Gasteiger partial charge in [-0.25, -0.2) is 0 Å². The van der Waals surface area contributed by atoms with Crippen molar-refractivity contribution in [2.75, 3.05) is 13.2 Å². The number of rotatable bonds is 19. The van der Waals surface area contributed by atoms with E-state index in [2.05, 4.69) is 27.7 Å². The van der Waals surface area contributed by atoms with Crippen LogP contribution in [0.2, 0.25) is 0 Å². The molecule has 0 radical (unpaired) electrons. The first-order valence-corrected chi connectivity index (χ1v) is 14.3. The number of unbranched alkanes of at least 4 members (excludes halogenated alkanes) is 8. The summed E-state index contributed by atoms with van der Waals surface area (Å²) < 4.78 is 11.0. The Morgan fingerprint density at radius 3 is 1.54 bits per heavy atom. The quantitative estimate of drug-likeness (QED) is 0.150. The third-order valence-electron chi connectivity index (χ3n) is 7.15. The molecule has 6 heteroatoms. The highest BCUT2D eigenvalue weighted by Crippen LogP contribution is 2.36. The fraction of sp³-hybridized carbons (Fsp3) is 0.897. The van der Waals surface area contributed by atoms with E-state index in [1.165, 1.54) is 38.5 Å². The summed E-state index contributed by atoms with van der Waals surface area (Å²) in [7, 11) is 0. The van der Waals surface area contributed by atoms with Crippen molar-refractivity contribution in [2.45, 2.75) is 124 Å². The van der Waals surface area contributed by atoms with Crippen molar-refractivity contribution in [3.05, 3.63) is 0 Å². The zero-order valence-corrected chi connectivity index (χ0v) is 22.9. The Bertz CT molecular complexity index is 600. The fourth-order valence-electron chi connectivity index (χ4n) is 4.87. The molecule has 0 aromatic heterocycles. The highest BCUT2D eigenvalue weighted by atomic mass is 16.5. The van der Waals surface area contributed by atoms with E-state index in [0.29, 0.717) is 26.1 Å². The van der Waals surface area contributed by atoms with Gasteiger partial charge in [0.25, 0.3) is 0 Å². The van der Waals surface area contributed by atoms with Gasteiger partial charge in [-0.15, -0.1) is 0 Å². The molecule has 0 spiro atoms. The number of hydrogen-bond acceptors (Lipinski definition) is 5. The minimum Gasteiger partial charge on any atom is -0.481 e. The molecule has 0 aliphatic heterocycles. The topological polar surface area (TPSA) is 89.9 Å². The molecular formula is C29H52O6. The molecule has 0 bridgehead atoms. The minimum atomic E-state index is -0.909. The highest BCUT2D eigenvalue weighted by Gasteiger charge is 2.43. The monoisotopic (exact) mass is 496 g/mol. The van der Waals surface area contributed by atoms with Crippen LogP contribution >= 0.6 is 0 Å². The number of carboxylic acid groups (broad SMARTS) is 1. The maximum absolute atomic E-state index is 12.8. The van der Waals surface area contributed by atoms with Gasteiger partial charge in [-0.3, -0.25) is 14.4 Å². The van der Waals surface area contributed by atoms with Gasteiger partial charge in [0, 0.05) is 0 Å². The predicted octanol–water partition coefficient (Wildman–Crippen LogP) is 7.18. The lowest BCUT2D eigenvalue weighted by Gasteiger charge is -2.31. The minimum absolute atomic E-state index is 0.152. The zero-order chi connectivity index (χ0) is 26.1. The van der Waals surface area contributed by atoms with E-state index >= 15 is 0 Å². The summed E-state index contributed by atoms with van der Waals surface area (Å²) >= 11 is 0. The van der Waals surface area contributed by atoms with Gasteiger partial charge in [-0.2, -0.15) is 0 Å². The molecule has 1 saturated carbocycles. The van der Waals surface area contributed by atoms with Gasteiger partial charge >= 0.3 is 17.9 Å². The van der Waals surface area contributed by atoms with Crippen molar-refractivity contribution in [2.24, 2.45) is 29.6 Å². The van der Waals surface area contributed by atoms with Gasteiger partial charge < -0.3 is 14.6 Å². The van der Waals surface area contributed by atoms with Crippen LogP contribution in [0.4, 0.5) is 0 Å². The number of carbonyl (C=O) groups excluding carboxylic acids is 2. The fourth-order valence-corrected chi connectivity index (χ4v) is 4.87.